The summed E-state index contributed by atoms with van der Waals surface area (Å²) >= 11 is 6.12. The maximum atomic E-state index is 12.5. The third-order valence-corrected chi connectivity index (χ3v) is 4.72. The SMILES string of the molecule is CCN(Cc1nc2ccccc2c(=O)[nH]1)C(=O)/C=C/c1ccc(C)c(Cl)c1. The van der Waals surface area contributed by atoms with E-state index in [-0.39, 0.29) is 18.0 Å². The number of halogens is 1. The predicted octanol–water partition coefficient (Wildman–Crippen LogP) is 3.95. The molecule has 0 spiro atoms. The van der Waals surface area contributed by atoms with Gasteiger partial charge in [0, 0.05) is 17.6 Å². The molecule has 1 N–H and O–H groups in total. The molecule has 3 rings (SSSR count). The highest BCUT2D eigenvalue weighted by atomic mass is 35.5. The van der Waals surface area contributed by atoms with Gasteiger partial charge in [-0.1, -0.05) is 35.9 Å². The van der Waals surface area contributed by atoms with E-state index in [1.54, 1.807) is 29.2 Å². The number of carbonyl (C=O) groups excluding carboxylic acids is 1. The Balaban J connectivity index is 1.78. The molecule has 2 aromatic carbocycles. The molecule has 0 saturated carbocycles. The van der Waals surface area contributed by atoms with Crippen molar-refractivity contribution in [3.8, 4) is 0 Å². The van der Waals surface area contributed by atoms with E-state index < -0.39 is 0 Å². The summed E-state index contributed by atoms with van der Waals surface area (Å²) in [4.78, 5) is 33.5. The minimum Gasteiger partial charge on any atom is -0.332 e. The Morgan fingerprint density at radius 2 is 2.04 bits per heavy atom. The number of benzene rings is 2. The average molecular weight is 382 g/mol. The molecule has 1 aromatic heterocycles. The van der Waals surface area contributed by atoms with Crippen LogP contribution >= 0.6 is 11.6 Å². The lowest BCUT2D eigenvalue weighted by Crippen LogP contribution is -2.30. The first-order valence-electron chi connectivity index (χ1n) is 8.69. The van der Waals surface area contributed by atoms with Crippen LogP contribution in [0.5, 0.6) is 0 Å². The van der Waals surface area contributed by atoms with Gasteiger partial charge in [-0.2, -0.15) is 0 Å². The zero-order chi connectivity index (χ0) is 19.4. The summed E-state index contributed by atoms with van der Waals surface area (Å²) in [5.41, 5.74) is 2.25. The molecule has 3 aromatic rings. The summed E-state index contributed by atoms with van der Waals surface area (Å²) in [5, 5.41) is 1.20. The van der Waals surface area contributed by atoms with Gasteiger partial charge in [0.2, 0.25) is 5.91 Å². The van der Waals surface area contributed by atoms with Gasteiger partial charge in [-0.15, -0.1) is 0 Å². The first-order chi connectivity index (χ1) is 13.0. The van der Waals surface area contributed by atoms with Gasteiger partial charge >= 0.3 is 0 Å². The second-order valence-corrected chi connectivity index (χ2v) is 6.63. The number of amides is 1. The van der Waals surface area contributed by atoms with Gasteiger partial charge in [0.25, 0.3) is 5.56 Å². The molecular formula is C21H20ClN3O2. The fourth-order valence-corrected chi connectivity index (χ4v) is 2.91. The maximum Gasteiger partial charge on any atom is 0.258 e. The Kier molecular flexibility index (Phi) is 5.72. The van der Waals surface area contributed by atoms with Crippen molar-refractivity contribution in [3.63, 3.8) is 0 Å². The Morgan fingerprint density at radius 1 is 1.26 bits per heavy atom. The summed E-state index contributed by atoms with van der Waals surface area (Å²) in [7, 11) is 0. The molecule has 0 unspecified atom stereocenters. The first-order valence-corrected chi connectivity index (χ1v) is 9.07. The van der Waals surface area contributed by atoms with Crippen LogP contribution in [0.25, 0.3) is 17.0 Å². The molecule has 5 nitrogen and oxygen atoms in total. The Hall–Kier alpha value is -2.92. The average Bonchev–Trinajstić information content (AvgIpc) is 2.67. The lowest BCUT2D eigenvalue weighted by molar-refractivity contribution is -0.126. The molecule has 1 heterocycles. The van der Waals surface area contributed by atoms with E-state index in [1.165, 1.54) is 6.08 Å². The number of hydrogen-bond donors (Lipinski definition) is 1. The fourth-order valence-electron chi connectivity index (χ4n) is 2.72. The number of H-pyrrole nitrogens is 1. The second-order valence-electron chi connectivity index (χ2n) is 6.22. The summed E-state index contributed by atoms with van der Waals surface area (Å²) in [6.45, 7) is 4.54. The lowest BCUT2D eigenvalue weighted by atomic mass is 10.1. The van der Waals surface area contributed by atoms with Gasteiger partial charge in [-0.05, 0) is 49.2 Å². The van der Waals surface area contributed by atoms with Crippen molar-refractivity contribution < 1.29 is 4.79 Å². The van der Waals surface area contributed by atoms with Crippen molar-refractivity contribution in [2.45, 2.75) is 20.4 Å². The summed E-state index contributed by atoms with van der Waals surface area (Å²) in [6.07, 6.45) is 3.23. The Labute approximate surface area is 162 Å². The molecule has 6 heteroatoms. The van der Waals surface area contributed by atoms with Crippen molar-refractivity contribution >= 4 is 34.5 Å². The molecule has 138 valence electrons. The van der Waals surface area contributed by atoms with Crippen LogP contribution in [0.2, 0.25) is 5.02 Å². The minimum atomic E-state index is -0.205. The van der Waals surface area contributed by atoms with Crippen molar-refractivity contribution in [1.82, 2.24) is 14.9 Å². The van der Waals surface area contributed by atoms with Gasteiger partial charge in [0.05, 0.1) is 17.4 Å². The van der Waals surface area contributed by atoms with Crippen LogP contribution in [0, 0.1) is 6.92 Å². The van der Waals surface area contributed by atoms with E-state index >= 15 is 0 Å². The van der Waals surface area contributed by atoms with E-state index in [4.69, 9.17) is 11.6 Å². The van der Waals surface area contributed by atoms with Crippen LogP contribution in [-0.2, 0) is 11.3 Å². The summed E-state index contributed by atoms with van der Waals surface area (Å²) in [5.74, 6) is 0.297. The van der Waals surface area contributed by atoms with Crippen molar-refractivity contribution in [1.29, 1.82) is 0 Å². The van der Waals surface area contributed by atoms with Gasteiger partial charge in [0.1, 0.15) is 5.82 Å². The van der Waals surface area contributed by atoms with Crippen LogP contribution in [0.3, 0.4) is 0 Å². The smallest absolute Gasteiger partial charge is 0.258 e. The zero-order valence-electron chi connectivity index (χ0n) is 15.2. The van der Waals surface area contributed by atoms with Gasteiger partial charge < -0.3 is 9.88 Å². The van der Waals surface area contributed by atoms with E-state index in [0.29, 0.717) is 28.3 Å². The highest BCUT2D eigenvalue weighted by molar-refractivity contribution is 6.31. The molecule has 0 radical (unpaired) electrons. The number of para-hydroxylation sites is 1. The molecular weight excluding hydrogens is 362 g/mol. The van der Waals surface area contributed by atoms with Crippen molar-refractivity contribution in [2.24, 2.45) is 0 Å². The van der Waals surface area contributed by atoms with Gasteiger partial charge in [-0.25, -0.2) is 4.98 Å². The zero-order valence-corrected chi connectivity index (χ0v) is 16.0. The number of nitrogens with zero attached hydrogens (tertiary/aromatic N) is 2. The largest absolute Gasteiger partial charge is 0.332 e. The van der Waals surface area contributed by atoms with Crippen LogP contribution < -0.4 is 5.56 Å². The standard InChI is InChI=1S/C21H20ClN3O2/c1-3-25(20(26)11-10-15-9-8-14(2)17(22)12-15)13-19-23-18-7-5-4-6-16(18)21(27)24-19/h4-12H,3,13H2,1-2H3,(H,23,24,27)/b11-10+. The monoisotopic (exact) mass is 381 g/mol. The molecule has 0 aliphatic rings. The number of fused-ring (bicyclic) bond motifs is 1. The molecule has 0 fully saturated rings. The van der Waals surface area contributed by atoms with E-state index in [2.05, 4.69) is 9.97 Å². The van der Waals surface area contributed by atoms with Gasteiger partial charge in [-0.3, -0.25) is 9.59 Å². The highest BCUT2D eigenvalue weighted by Crippen LogP contribution is 2.17. The van der Waals surface area contributed by atoms with Crippen LogP contribution in [-0.4, -0.2) is 27.3 Å². The van der Waals surface area contributed by atoms with Crippen LogP contribution in [0.15, 0.2) is 53.3 Å². The summed E-state index contributed by atoms with van der Waals surface area (Å²) < 4.78 is 0. The number of hydrogen-bond acceptors (Lipinski definition) is 3. The predicted molar refractivity (Wildman–Crippen MR) is 109 cm³/mol. The van der Waals surface area contributed by atoms with E-state index in [9.17, 15) is 9.59 Å². The fraction of sp³-hybridized carbons (Fsp3) is 0.190. The molecule has 0 bridgehead atoms. The maximum absolute atomic E-state index is 12.5. The van der Waals surface area contributed by atoms with Crippen molar-refractivity contribution in [2.75, 3.05) is 6.54 Å². The molecule has 27 heavy (non-hydrogen) atoms. The number of nitrogens with one attached hydrogen (secondary N) is 1. The van der Waals surface area contributed by atoms with E-state index in [1.807, 2.05) is 38.1 Å². The molecule has 1 amide bonds. The first kappa shape index (κ1) is 18.9. The molecule has 0 atom stereocenters. The van der Waals surface area contributed by atoms with Crippen LogP contribution in [0.4, 0.5) is 0 Å². The third kappa shape index (κ3) is 4.44. The van der Waals surface area contributed by atoms with E-state index in [0.717, 1.165) is 11.1 Å². The highest BCUT2D eigenvalue weighted by Gasteiger charge is 2.12. The van der Waals surface area contributed by atoms with Crippen LogP contribution in [0.1, 0.15) is 23.9 Å². The number of rotatable bonds is 5. The van der Waals surface area contributed by atoms with Crippen molar-refractivity contribution in [3.05, 3.63) is 80.9 Å². The number of aromatic amines is 1. The number of carbonyl (C=O) groups is 1. The number of aromatic nitrogens is 2. The Morgan fingerprint density at radius 3 is 2.78 bits per heavy atom. The molecule has 0 saturated heterocycles. The molecule has 0 aliphatic heterocycles. The topological polar surface area (TPSA) is 66.1 Å². The minimum absolute atomic E-state index is 0.162. The lowest BCUT2D eigenvalue weighted by Gasteiger charge is -2.18. The normalized spacial score (nSPS) is 11.2. The second kappa shape index (κ2) is 8.18. The Bertz CT molecular complexity index is 1070. The number of aryl methyl sites for hydroxylation is 1. The number of likely N-dealkylation sites (N-methyl/N-ethyl adjacent to an activating group) is 1. The molecule has 0 aliphatic carbocycles. The third-order valence-electron chi connectivity index (χ3n) is 4.31. The quantitative estimate of drug-likeness (QED) is 0.680. The summed E-state index contributed by atoms with van der Waals surface area (Å²) in [6, 6.07) is 12.8. The van der Waals surface area contributed by atoms with Gasteiger partial charge in [0.15, 0.2) is 0 Å².